The predicted molar refractivity (Wildman–Crippen MR) is 115 cm³/mol. The van der Waals surface area contributed by atoms with Gasteiger partial charge in [0.2, 0.25) is 11.0 Å². The van der Waals surface area contributed by atoms with Gasteiger partial charge < -0.3 is 9.64 Å². The van der Waals surface area contributed by atoms with Crippen LogP contribution < -0.4 is 10.1 Å². The van der Waals surface area contributed by atoms with Crippen LogP contribution in [0.25, 0.3) is 0 Å². The fraction of sp³-hybridized carbons (Fsp3) is 0.273. The third-order valence-electron chi connectivity index (χ3n) is 4.96. The summed E-state index contributed by atoms with van der Waals surface area (Å²) in [6, 6.07) is 15.1. The lowest BCUT2D eigenvalue weighted by Gasteiger charge is -2.15. The van der Waals surface area contributed by atoms with Crippen molar-refractivity contribution in [1.82, 2.24) is 15.1 Å². The van der Waals surface area contributed by atoms with E-state index in [1.807, 2.05) is 47.4 Å². The molecular weight excluding hydrogens is 400 g/mol. The summed E-state index contributed by atoms with van der Waals surface area (Å²) in [6.45, 7) is 1.30. The molecule has 0 aliphatic carbocycles. The maximum atomic E-state index is 12.7. The number of likely N-dealkylation sites (tertiary alicyclic amines) is 1. The number of hydrogen-bond acceptors (Lipinski definition) is 6. The van der Waals surface area contributed by atoms with Gasteiger partial charge in [0.05, 0.1) is 7.11 Å². The smallest absolute Gasteiger partial charge is 0.257 e. The average molecular weight is 423 g/mol. The van der Waals surface area contributed by atoms with Crippen molar-refractivity contribution >= 4 is 28.3 Å². The van der Waals surface area contributed by atoms with Crippen LogP contribution in [0.1, 0.15) is 39.3 Å². The van der Waals surface area contributed by atoms with Crippen molar-refractivity contribution in [3.05, 3.63) is 70.2 Å². The van der Waals surface area contributed by atoms with E-state index in [0.29, 0.717) is 30.1 Å². The summed E-state index contributed by atoms with van der Waals surface area (Å²) < 4.78 is 5.37. The fourth-order valence-corrected chi connectivity index (χ4v) is 4.22. The summed E-state index contributed by atoms with van der Waals surface area (Å²) in [7, 11) is 1.64. The first-order chi connectivity index (χ1) is 14.6. The second kappa shape index (κ2) is 9.04. The molecule has 7 nitrogen and oxygen atoms in total. The first-order valence-electron chi connectivity index (χ1n) is 9.75. The normalized spacial score (nSPS) is 13.5. The number of nitrogens with zero attached hydrogens (tertiary/aromatic N) is 3. The van der Waals surface area contributed by atoms with Gasteiger partial charge in [-0.15, -0.1) is 10.2 Å². The van der Waals surface area contributed by atoms with Crippen LogP contribution in [0, 0.1) is 0 Å². The van der Waals surface area contributed by atoms with Gasteiger partial charge >= 0.3 is 0 Å². The lowest BCUT2D eigenvalue weighted by molar-refractivity contribution is -0.128. The Labute approximate surface area is 178 Å². The second-order valence-corrected chi connectivity index (χ2v) is 8.12. The number of para-hydroxylation sites is 1. The predicted octanol–water partition coefficient (Wildman–Crippen LogP) is 3.51. The lowest BCUT2D eigenvalue weighted by Crippen LogP contribution is -2.24. The SMILES string of the molecule is COc1ccccc1Cc1nnc(NC(=O)c2cccc(CN3CCCC3=O)c2)s1. The fourth-order valence-electron chi connectivity index (χ4n) is 3.46. The molecule has 1 aliphatic rings. The number of benzene rings is 2. The Morgan fingerprint density at radius 2 is 2.07 bits per heavy atom. The van der Waals surface area contributed by atoms with E-state index >= 15 is 0 Å². The molecule has 0 bridgehead atoms. The highest BCUT2D eigenvalue weighted by atomic mass is 32.1. The van der Waals surface area contributed by atoms with E-state index in [0.717, 1.165) is 34.8 Å². The molecule has 1 N–H and O–H groups in total. The third kappa shape index (κ3) is 4.65. The molecule has 0 saturated carbocycles. The largest absolute Gasteiger partial charge is 0.496 e. The van der Waals surface area contributed by atoms with Crippen molar-refractivity contribution in [2.24, 2.45) is 0 Å². The number of anilines is 1. The number of hydrogen-bond donors (Lipinski definition) is 1. The van der Waals surface area contributed by atoms with E-state index in [1.54, 1.807) is 13.2 Å². The first-order valence-corrected chi connectivity index (χ1v) is 10.6. The van der Waals surface area contributed by atoms with Gasteiger partial charge in [-0.2, -0.15) is 0 Å². The van der Waals surface area contributed by atoms with Crippen LogP contribution in [-0.2, 0) is 17.8 Å². The standard InChI is InChI=1S/C22H22N4O3S/c1-29-18-9-3-2-7-16(18)13-19-24-25-22(30-19)23-21(28)17-8-4-6-15(12-17)14-26-11-5-10-20(26)27/h2-4,6-9,12H,5,10-11,13-14H2,1H3,(H,23,25,28). The zero-order valence-electron chi connectivity index (χ0n) is 16.6. The van der Waals surface area contributed by atoms with Gasteiger partial charge in [-0.25, -0.2) is 0 Å². The molecule has 1 fully saturated rings. The number of aromatic nitrogens is 2. The Kier molecular flexibility index (Phi) is 6.04. The average Bonchev–Trinajstić information content (AvgIpc) is 3.37. The minimum Gasteiger partial charge on any atom is -0.496 e. The van der Waals surface area contributed by atoms with Gasteiger partial charge in [-0.3, -0.25) is 14.9 Å². The summed E-state index contributed by atoms with van der Waals surface area (Å²) in [6.07, 6.45) is 2.08. The molecule has 0 atom stereocenters. The molecule has 4 rings (SSSR count). The maximum Gasteiger partial charge on any atom is 0.257 e. The van der Waals surface area contributed by atoms with E-state index in [2.05, 4.69) is 15.5 Å². The van der Waals surface area contributed by atoms with Crippen LogP contribution >= 0.6 is 11.3 Å². The van der Waals surface area contributed by atoms with Crippen LogP contribution in [0.4, 0.5) is 5.13 Å². The summed E-state index contributed by atoms with van der Waals surface area (Å²) in [5.41, 5.74) is 2.48. The van der Waals surface area contributed by atoms with Gasteiger partial charge in [0.1, 0.15) is 10.8 Å². The maximum absolute atomic E-state index is 12.7. The van der Waals surface area contributed by atoms with Crippen molar-refractivity contribution in [3.8, 4) is 5.75 Å². The summed E-state index contributed by atoms with van der Waals surface area (Å²) in [4.78, 5) is 26.3. The number of amides is 2. The number of nitrogens with one attached hydrogen (secondary N) is 1. The number of ether oxygens (including phenoxy) is 1. The van der Waals surface area contributed by atoms with Crippen LogP contribution in [0.2, 0.25) is 0 Å². The number of methoxy groups -OCH3 is 1. The Morgan fingerprint density at radius 1 is 1.20 bits per heavy atom. The zero-order valence-corrected chi connectivity index (χ0v) is 17.4. The Balaban J connectivity index is 1.41. The van der Waals surface area contributed by atoms with Gasteiger partial charge in [0.25, 0.3) is 5.91 Å². The number of carbonyl (C=O) groups excluding carboxylic acids is 2. The zero-order chi connectivity index (χ0) is 20.9. The van der Waals surface area contributed by atoms with E-state index in [9.17, 15) is 9.59 Å². The van der Waals surface area contributed by atoms with Gasteiger partial charge in [0.15, 0.2) is 0 Å². The Hall–Kier alpha value is -3.26. The molecule has 2 aromatic carbocycles. The summed E-state index contributed by atoms with van der Waals surface area (Å²) in [5.74, 6) is 0.720. The summed E-state index contributed by atoms with van der Waals surface area (Å²) in [5, 5.41) is 12.3. The molecule has 0 spiro atoms. The molecule has 154 valence electrons. The molecule has 1 saturated heterocycles. The Morgan fingerprint density at radius 3 is 2.87 bits per heavy atom. The summed E-state index contributed by atoms with van der Waals surface area (Å²) >= 11 is 1.34. The van der Waals surface area contributed by atoms with E-state index in [1.165, 1.54) is 11.3 Å². The molecule has 30 heavy (non-hydrogen) atoms. The van der Waals surface area contributed by atoms with Gasteiger partial charge in [0, 0.05) is 37.1 Å². The lowest BCUT2D eigenvalue weighted by atomic mass is 10.1. The van der Waals surface area contributed by atoms with Crippen LogP contribution in [-0.4, -0.2) is 40.6 Å². The van der Waals surface area contributed by atoms with E-state index < -0.39 is 0 Å². The highest BCUT2D eigenvalue weighted by Crippen LogP contribution is 2.24. The number of rotatable bonds is 7. The molecule has 2 heterocycles. The molecule has 0 radical (unpaired) electrons. The molecule has 1 aromatic heterocycles. The molecule has 1 aliphatic heterocycles. The molecular formula is C22H22N4O3S. The molecule has 0 unspecified atom stereocenters. The molecule has 8 heteroatoms. The Bertz CT molecular complexity index is 1070. The quantitative estimate of drug-likeness (QED) is 0.630. The van der Waals surface area contributed by atoms with E-state index in [-0.39, 0.29) is 11.8 Å². The number of carbonyl (C=O) groups is 2. The molecule has 3 aromatic rings. The van der Waals surface area contributed by atoms with Crippen molar-refractivity contribution in [1.29, 1.82) is 0 Å². The van der Waals surface area contributed by atoms with Crippen LogP contribution in [0.5, 0.6) is 5.75 Å². The van der Waals surface area contributed by atoms with Gasteiger partial charge in [-0.1, -0.05) is 41.7 Å². The highest BCUT2D eigenvalue weighted by molar-refractivity contribution is 7.15. The van der Waals surface area contributed by atoms with Gasteiger partial charge in [-0.05, 0) is 30.2 Å². The second-order valence-electron chi connectivity index (χ2n) is 7.06. The van der Waals surface area contributed by atoms with Crippen LogP contribution in [0.3, 0.4) is 0 Å². The van der Waals surface area contributed by atoms with Crippen LogP contribution in [0.15, 0.2) is 48.5 Å². The van der Waals surface area contributed by atoms with E-state index in [4.69, 9.17) is 4.74 Å². The minimum atomic E-state index is -0.246. The molecule has 2 amide bonds. The van der Waals surface area contributed by atoms with Crippen molar-refractivity contribution in [2.45, 2.75) is 25.8 Å². The third-order valence-corrected chi connectivity index (χ3v) is 5.79. The van der Waals surface area contributed by atoms with Crippen molar-refractivity contribution in [2.75, 3.05) is 19.0 Å². The first kappa shape index (κ1) is 20.0. The van der Waals surface area contributed by atoms with Crippen molar-refractivity contribution in [3.63, 3.8) is 0 Å². The monoisotopic (exact) mass is 422 g/mol. The minimum absolute atomic E-state index is 0.168. The van der Waals surface area contributed by atoms with Crippen molar-refractivity contribution < 1.29 is 14.3 Å². The topological polar surface area (TPSA) is 84.4 Å². The highest BCUT2D eigenvalue weighted by Gasteiger charge is 2.20.